The molecule has 2 aliphatic heterocycles. The summed E-state index contributed by atoms with van der Waals surface area (Å²) >= 11 is 0. The van der Waals surface area contributed by atoms with Crippen LogP contribution >= 0.6 is 0 Å². The third-order valence-corrected chi connectivity index (χ3v) is 5.33. The van der Waals surface area contributed by atoms with Gasteiger partial charge in [-0.3, -0.25) is 4.79 Å². The number of benzene rings is 1. The number of hydrogen-bond acceptors (Lipinski definition) is 3. The highest BCUT2D eigenvalue weighted by atomic mass is 16.2. The van der Waals surface area contributed by atoms with Crippen molar-refractivity contribution >= 4 is 17.6 Å². The van der Waals surface area contributed by atoms with E-state index in [9.17, 15) is 4.79 Å². The van der Waals surface area contributed by atoms with Crippen LogP contribution in [-0.2, 0) is 17.8 Å². The highest BCUT2D eigenvalue weighted by molar-refractivity contribution is 5.80. The summed E-state index contributed by atoms with van der Waals surface area (Å²) < 4.78 is 0. The van der Waals surface area contributed by atoms with Gasteiger partial charge in [0.25, 0.3) is 0 Å². The molecule has 0 atom stereocenters. The predicted octanol–water partition coefficient (Wildman–Crippen LogP) is 2.14. The first-order valence-corrected chi connectivity index (χ1v) is 10.3. The zero-order valence-electron chi connectivity index (χ0n) is 16.8. The van der Waals surface area contributed by atoms with E-state index in [4.69, 9.17) is 4.99 Å². The summed E-state index contributed by atoms with van der Waals surface area (Å²) in [5.74, 6) is 1.15. The van der Waals surface area contributed by atoms with Crippen molar-refractivity contribution in [2.75, 3.05) is 44.7 Å². The van der Waals surface area contributed by atoms with Crippen molar-refractivity contribution in [2.24, 2.45) is 4.99 Å². The minimum Gasteiger partial charge on any atom is -0.374 e. The van der Waals surface area contributed by atoms with E-state index >= 15 is 0 Å². The maximum atomic E-state index is 11.7. The average molecular weight is 372 g/mol. The Morgan fingerprint density at radius 3 is 2.81 bits per heavy atom. The van der Waals surface area contributed by atoms with E-state index in [1.165, 1.54) is 23.2 Å². The molecule has 1 aromatic rings. The molecule has 0 aromatic heterocycles. The van der Waals surface area contributed by atoms with E-state index in [1.807, 2.05) is 4.90 Å². The van der Waals surface area contributed by atoms with Crippen LogP contribution < -0.4 is 15.5 Å². The molecule has 0 radical (unpaired) electrons. The van der Waals surface area contributed by atoms with Crippen molar-refractivity contribution in [2.45, 2.75) is 45.6 Å². The third-order valence-electron chi connectivity index (χ3n) is 5.33. The van der Waals surface area contributed by atoms with Gasteiger partial charge in [-0.05, 0) is 49.8 Å². The number of nitrogens with zero attached hydrogens (tertiary/aromatic N) is 3. The van der Waals surface area contributed by atoms with Gasteiger partial charge in [-0.25, -0.2) is 4.99 Å². The summed E-state index contributed by atoms with van der Waals surface area (Å²) in [5, 5.41) is 6.70. The molecule has 0 spiro atoms. The van der Waals surface area contributed by atoms with Crippen LogP contribution in [0.3, 0.4) is 0 Å². The van der Waals surface area contributed by atoms with Crippen LogP contribution in [-0.4, -0.2) is 56.5 Å². The summed E-state index contributed by atoms with van der Waals surface area (Å²) in [5.41, 5.74) is 4.05. The van der Waals surface area contributed by atoms with Crippen molar-refractivity contribution in [1.29, 1.82) is 0 Å². The Hall–Kier alpha value is -2.24. The Morgan fingerprint density at radius 1 is 1.19 bits per heavy atom. The van der Waals surface area contributed by atoms with Crippen molar-refractivity contribution in [3.8, 4) is 0 Å². The first-order valence-electron chi connectivity index (χ1n) is 10.3. The number of carbonyl (C=O) groups excluding carboxylic acids is 1. The maximum Gasteiger partial charge on any atom is 0.222 e. The summed E-state index contributed by atoms with van der Waals surface area (Å²) in [6.45, 7) is 7.31. The Morgan fingerprint density at radius 2 is 2.04 bits per heavy atom. The molecular weight excluding hydrogens is 338 g/mol. The monoisotopic (exact) mass is 371 g/mol. The third kappa shape index (κ3) is 5.37. The summed E-state index contributed by atoms with van der Waals surface area (Å²) in [6, 6.07) is 6.72. The van der Waals surface area contributed by atoms with Crippen molar-refractivity contribution in [3.05, 3.63) is 29.3 Å². The molecule has 3 rings (SSSR count). The molecule has 27 heavy (non-hydrogen) atoms. The van der Waals surface area contributed by atoms with Crippen molar-refractivity contribution in [1.82, 2.24) is 15.5 Å². The van der Waals surface area contributed by atoms with Crippen molar-refractivity contribution < 1.29 is 4.79 Å². The van der Waals surface area contributed by atoms with E-state index < -0.39 is 0 Å². The highest BCUT2D eigenvalue weighted by Crippen LogP contribution is 2.26. The quantitative estimate of drug-likeness (QED) is 0.438. The number of rotatable bonds is 7. The summed E-state index contributed by atoms with van der Waals surface area (Å²) in [6.07, 6.45) is 5.05. The number of nitrogens with one attached hydrogen (secondary N) is 2. The van der Waals surface area contributed by atoms with Crippen LogP contribution in [0, 0.1) is 0 Å². The van der Waals surface area contributed by atoms with E-state index in [0.717, 1.165) is 57.9 Å². The number of carbonyl (C=O) groups is 1. The SMILES string of the molecule is CCNC(=NCc1ccc2c(c1)CCCN2C)NCCCN1CCCC1=O. The summed E-state index contributed by atoms with van der Waals surface area (Å²) in [4.78, 5) is 20.7. The topological polar surface area (TPSA) is 60.0 Å². The van der Waals surface area contributed by atoms with Gasteiger partial charge in [-0.1, -0.05) is 12.1 Å². The number of aryl methyl sites for hydroxylation is 1. The molecule has 0 unspecified atom stereocenters. The van der Waals surface area contributed by atoms with Gasteiger partial charge >= 0.3 is 0 Å². The molecule has 0 aliphatic carbocycles. The average Bonchev–Trinajstić information content (AvgIpc) is 3.08. The molecule has 6 nitrogen and oxygen atoms in total. The Kier molecular flexibility index (Phi) is 6.96. The molecule has 2 aliphatic rings. The number of fused-ring (bicyclic) bond motifs is 1. The number of likely N-dealkylation sites (tertiary alicyclic amines) is 1. The number of amides is 1. The molecule has 148 valence electrons. The second kappa shape index (κ2) is 9.62. The summed E-state index contributed by atoms with van der Waals surface area (Å²) in [7, 11) is 2.17. The fraction of sp³-hybridized carbons (Fsp3) is 0.619. The normalized spacial score (nSPS) is 17.3. The Labute approximate surface area is 163 Å². The molecule has 0 saturated carbocycles. The largest absolute Gasteiger partial charge is 0.374 e. The van der Waals surface area contributed by atoms with Crippen LogP contribution in [0.25, 0.3) is 0 Å². The zero-order valence-corrected chi connectivity index (χ0v) is 16.8. The molecular formula is C21H33N5O. The smallest absolute Gasteiger partial charge is 0.222 e. The number of anilines is 1. The molecule has 6 heteroatoms. The van der Waals surface area contributed by atoms with E-state index in [-0.39, 0.29) is 0 Å². The number of aliphatic imine (C=N–C) groups is 1. The lowest BCUT2D eigenvalue weighted by atomic mass is 10.00. The molecule has 1 amide bonds. The predicted molar refractivity (Wildman–Crippen MR) is 111 cm³/mol. The standard InChI is InChI=1S/C21H33N5O/c1-3-22-21(23-11-6-14-26-13-5-8-20(26)27)24-16-17-9-10-19-18(15-17)7-4-12-25(19)2/h9-10,15H,3-8,11-14,16H2,1-2H3,(H2,22,23,24). The van der Waals surface area contributed by atoms with Crippen LogP contribution in [0.4, 0.5) is 5.69 Å². The van der Waals surface area contributed by atoms with Gasteiger partial charge in [0.05, 0.1) is 6.54 Å². The van der Waals surface area contributed by atoms with Crippen LogP contribution in [0.5, 0.6) is 0 Å². The lowest BCUT2D eigenvalue weighted by Crippen LogP contribution is -2.39. The first-order chi connectivity index (χ1) is 13.2. The Bertz CT molecular complexity index is 673. The van der Waals surface area contributed by atoms with Crippen LogP contribution in [0.2, 0.25) is 0 Å². The van der Waals surface area contributed by atoms with Crippen LogP contribution in [0.1, 0.15) is 43.7 Å². The van der Waals surface area contributed by atoms with Gasteiger partial charge in [0.2, 0.25) is 5.91 Å². The molecule has 2 heterocycles. The molecule has 1 fully saturated rings. The molecule has 1 aromatic carbocycles. The minimum atomic E-state index is 0.300. The fourth-order valence-electron chi connectivity index (χ4n) is 3.87. The molecule has 0 bridgehead atoms. The number of guanidine groups is 1. The van der Waals surface area contributed by atoms with E-state index in [2.05, 4.69) is 47.7 Å². The minimum absolute atomic E-state index is 0.300. The maximum absolute atomic E-state index is 11.7. The first kappa shape index (κ1) is 19.5. The molecule has 1 saturated heterocycles. The van der Waals surface area contributed by atoms with Gasteiger partial charge in [-0.15, -0.1) is 0 Å². The lowest BCUT2D eigenvalue weighted by molar-refractivity contribution is -0.127. The molecule has 2 N–H and O–H groups in total. The Balaban J connectivity index is 1.50. The van der Waals surface area contributed by atoms with E-state index in [0.29, 0.717) is 18.9 Å². The lowest BCUT2D eigenvalue weighted by Gasteiger charge is -2.27. The van der Waals surface area contributed by atoms with Crippen molar-refractivity contribution in [3.63, 3.8) is 0 Å². The second-order valence-corrected chi connectivity index (χ2v) is 7.45. The van der Waals surface area contributed by atoms with Gasteiger partial charge in [0.15, 0.2) is 5.96 Å². The van der Waals surface area contributed by atoms with Gasteiger partial charge < -0.3 is 20.4 Å². The van der Waals surface area contributed by atoms with Gasteiger partial charge in [0, 0.05) is 51.9 Å². The van der Waals surface area contributed by atoms with Crippen LogP contribution in [0.15, 0.2) is 23.2 Å². The second-order valence-electron chi connectivity index (χ2n) is 7.45. The number of hydrogen-bond donors (Lipinski definition) is 2. The highest BCUT2D eigenvalue weighted by Gasteiger charge is 2.19. The van der Waals surface area contributed by atoms with Gasteiger partial charge in [0.1, 0.15) is 0 Å². The zero-order chi connectivity index (χ0) is 19.1. The van der Waals surface area contributed by atoms with Gasteiger partial charge in [-0.2, -0.15) is 0 Å². The van der Waals surface area contributed by atoms with E-state index in [1.54, 1.807) is 0 Å². The fourth-order valence-corrected chi connectivity index (χ4v) is 3.87.